The molecule has 1 aliphatic heterocycles. The van der Waals surface area contributed by atoms with Gasteiger partial charge in [-0.05, 0) is 31.4 Å². The summed E-state index contributed by atoms with van der Waals surface area (Å²) in [5, 5.41) is 7.54. The van der Waals surface area contributed by atoms with Gasteiger partial charge in [-0.1, -0.05) is 42.4 Å². The fourth-order valence-corrected chi connectivity index (χ4v) is 2.67. The summed E-state index contributed by atoms with van der Waals surface area (Å²) in [7, 11) is 0. The molecular weight excluding hydrogens is 238 g/mol. The molecule has 0 saturated carbocycles. The summed E-state index contributed by atoms with van der Waals surface area (Å²) in [5.41, 5.74) is 1.24. The molecule has 1 aromatic heterocycles. The maximum absolute atomic E-state index is 5.48. The lowest BCUT2D eigenvalue weighted by atomic mass is 9.96. The predicted octanol–water partition coefficient (Wildman–Crippen LogP) is 3.04. The standard InChI is InChI=1S/C15H19N3O/c1-2-12(11-7-4-3-5-8-11)15-17-14(18-19-15)13-9-6-10-16-13/h3-5,7-8,12-13,16H,2,6,9-10H2,1H3. The second-order valence-electron chi connectivity index (χ2n) is 5.01. The number of benzene rings is 1. The van der Waals surface area contributed by atoms with Gasteiger partial charge in [0.15, 0.2) is 5.82 Å². The third-order valence-electron chi connectivity index (χ3n) is 3.74. The molecule has 4 heteroatoms. The van der Waals surface area contributed by atoms with E-state index in [1.165, 1.54) is 12.0 Å². The molecule has 1 aliphatic rings. The number of nitrogens with one attached hydrogen (secondary N) is 1. The maximum Gasteiger partial charge on any atom is 0.234 e. The lowest BCUT2D eigenvalue weighted by Gasteiger charge is -2.10. The van der Waals surface area contributed by atoms with E-state index in [4.69, 9.17) is 4.52 Å². The van der Waals surface area contributed by atoms with Crippen molar-refractivity contribution in [2.75, 3.05) is 6.54 Å². The summed E-state index contributed by atoms with van der Waals surface area (Å²) in [6.07, 6.45) is 3.25. The van der Waals surface area contributed by atoms with Gasteiger partial charge in [0.2, 0.25) is 5.89 Å². The molecule has 0 amide bonds. The summed E-state index contributed by atoms with van der Waals surface area (Å²) < 4.78 is 5.48. The molecule has 1 aromatic carbocycles. The molecule has 2 aromatic rings. The van der Waals surface area contributed by atoms with Crippen molar-refractivity contribution in [3.8, 4) is 0 Å². The van der Waals surface area contributed by atoms with E-state index in [2.05, 4.69) is 34.5 Å². The Bertz CT molecular complexity index is 517. The Morgan fingerprint density at radius 2 is 2.21 bits per heavy atom. The minimum atomic E-state index is 0.198. The SMILES string of the molecule is CCC(c1ccccc1)c1nc(C2CCCN2)no1. The molecule has 1 saturated heterocycles. The zero-order valence-corrected chi connectivity index (χ0v) is 11.2. The second-order valence-corrected chi connectivity index (χ2v) is 5.01. The average Bonchev–Trinajstić information content (AvgIpc) is 3.11. The van der Waals surface area contributed by atoms with Crippen molar-refractivity contribution in [1.82, 2.24) is 15.5 Å². The van der Waals surface area contributed by atoms with Crippen LogP contribution in [0.4, 0.5) is 0 Å². The molecular formula is C15H19N3O. The van der Waals surface area contributed by atoms with E-state index in [0.717, 1.165) is 31.1 Å². The van der Waals surface area contributed by atoms with E-state index in [1.54, 1.807) is 0 Å². The highest BCUT2D eigenvalue weighted by Crippen LogP contribution is 2.28. The van der Waals surface area contributed by atoms with Gasteiger partial charge in [-0.15, -0.1) is 0 Å². The third kappa shape index (κ3) is 2.54. The van der Waals surface area contributed by atoms with Gasteiger partial charge < -0.3 is 9.84 Å². The van der Waals surface area contributed by atoms with Crippen LogP contribution in [0.1, 0.15) is 55.4 Å². The average molecular weight is 257 g/mol. The molecule has 2 heterocycles. The second kappa shape index (κ2) is 5.53. The van der Waals surface area contributed by atoms with E-state index in [1.807, 2.05) is 18.2 Å². The van der Waals surface area contributed by atoms with Gasteiger partial charge in [-0.25, -0.2) is 0 Å². The third-order valence-corrected chi connectivity index (χ3v) is 3.74. The lowest BCUT2D eigenvalue weighted by molar-refractivity contribution is 0.354. The van der Waals surface area contributed by atoms with Gasteiger partial charge >= 0.3 is 0 Å². The van der Waals surface area contributed by atoms with E-state index in [-0.39, 0.29) is 12.0 Å². The lowest BCUT2D eigenvalue weighted by Crippen LogP contribution is -2.14. The largest absolute Gasteiger partial charge is 0.339 e. The van der Waals surface area contributed by atoms with Crippen molar-refractivity contribution in [3.05, 3.63) is 47.6 Å². The van der Waals surface area contributed by atoms with E-state index < -0.39 is 0 Å². The Balaban J connectivity index is 1.84. The van der Waals surface area contributed by atoms with Crippen LogP contribution in [0.25, 0.3) is 0 Å². The summed E-state index contributed by atoms with van der Waals surface area (Å²) in [6, 6.07) is 10.6. The maximum atomic E-state index is 5.48. The quantitative estimate of drug-likeness (QED) is 0.914. The van der Waals surface area contributed by atoms with Crippen LogP contribution in [0.15, 0.2) is 34.9 Å². The molecule has 2 atom stereocenters. The van der Waals surface area contributed by atoms with Crippen LogP contribution in [-0.2, 0) is 0 Å². The zero-order chi connectivity index (χ0) is 13.1. The van der Waals surface area contributed by atoms with Gasteiger partial charge in [0.25, 0.3) is 0 Å². The van der Waals surface area contributed by atoms with Crippen molar-refractivity contribution >= 4 is 0 Å². The number of aromatic nitrogens is 2. The first kappa shape index (κ1) is 12.4. The summed E-state index contributed by atoms with van der Waals surface area (Å²) in [6.45, 7) is 3.19. The Morgan fingerprint density at radius 1 is 1.37 bits per heavy atom. The molecule has 1 fully saturated rings. The van der Waals surface area contributed by atoms with Gasteiger partial charge in [0.05, 0.1) is 12.0 Å². The van der Waals surface area contributed by atoms with E-state index >= 15 is 0 Å². The van der Waals surface area contributed by atoms with Crippen LogP contribution in [-0.4, -0.2) is 16.7 Å². The number of hydrogen-bond acceptors (Lipinski definition) is 4. The molecule has 0 spiro atoms. The molecule has 4 nitrogen and oxygen atoms in total. The van der Waals surface area contributed by atoms with Gasteiger partial charge in [0.1, 0.15) is 0 Å². The van der Waals surface area contributed by atoms with Gasteiger partial charge in [0, 0.05) is 0 Å². The van der Waals surface area contributed by atoms with Crippen LogP contribution >= 0.6 is 0 Å². The zero-order valence-electron chi connectivity index (χ0n) is 11.2. The molecule has 100 valence electrons. The highest BCUT2D eigenvalue weighted by Gasteiger charge is 2.24. The summed E-state index contributed by atoms with van der Waals surface area (Å²) in [5.74, 6) is 1.74. The number of rotatable bonds is 4. The highest BCUT2D eigenvalue weighted by molar-refractivity contribution is 5.24. The Hall–Kier alpha value is -1.68. The fourth-order valence-electron chi connectivity index (χ4n) is 2.67. The van der Waals surface area contributed by atoms with Gasteiger partial charge in [-0.3, -0.25) is 0 Å². The van der Waals surface area contributed by atoms with Crippen molar-refractivity contribution in [3.63, 3.8) is 0 Å². The van der Waals surface area contributed by atoms with Crippen LogP contribution < -0.4 is 5.32 Å². The summed E-state index contributed by atoms with van der Waals surface area (Å²) >= 11 is 0. The molecule has 0 aliphatic carbocycles. The van der Waals surface area contributed by atoms with Crippen LogP contribution in [0.3, 0.4) is 0 Å². The van der Waals surface area contributed by atoms with Crippen molar-refractivity contribution in [1.29, 1.82) is 0 Å². The minimum Gasteiger partial charge on any atom is -0.339 e. The molecule has 2 unspecified atom stereocenters. The molecule has 0 radical (unpaired) electrons. The van der Waals surface area contributed by atoms with Crippen molar-refractivity contribution < 1.29 is 4.52 Å². The van der Waals surface area contributed by atoms with E-state index in [0.29, 0.717) is 0 Å². The fraction of sp³-hybridized carbons (Fsp3) is 0.467. The first-order chi connectivity index (χ1) is 9.38. The van der Waals surface area contributed by atoms with Gasteiger partial charge in [-0.2, -0.15) is 4.98 Å². The predicted molar refractivity (Wildman–Crippen MR) is 72.9 cm³/mol. The molecule has 3 rings (SSSR count). The van der Waals surface area contributed by atoms with Crippen LogP contribution in [0.2, 0.25) is 0 Å². The molecule has 0 bridgehead atoms. The Kier molecular flexibility index (Phi) is 3.60. The topological polar surface area (TPSA) is 51.0 Å². The summed E-state index contributed by atoms with van der Waals surface area (Å²) in [4.78, 5) is 4.60. The first-order valence-electron chi connectivity index (χ1n) is 7.00. The highest BCUT2D eigenvalue weighted by atomic mass is 16.5. The molecule has 19 heavy (non-hydrogen) atoms. The monoisotopic (exact) mass is 257 g/mol. The van der Waals surface area contributed by atoms with Crippen LogP contribution in [0, 0.1) is 0 Å². The Morgan fingerprint density at radius 3 is 2.89 bits per heavy atom. The number of nitrogens with zero attached hydrogens (tertiary/aromatic N) is 2. The number of hydrogen-bond donors (Lipinski definition) is 1. The van der Waals surface area contributed by atoms with Crippen molar-refractivity contribution in [2.24, 2.45) is 0 Å². The normalized spacial score (nSPS) is 20.6. The minimum absolute atomic E-state index is 0.198. The first-order valence-corrected chi connectivity index (χ1v) is 7.00. The smallest absolute Gasteiger partial charge is 0.234 e. The van der Waals surface area contributed by atoms with E-state index in [9.17, 15) is 0 Å². The van der Waals surface area contributed by atoms with Crippen LogP contribution in [0.5, 0.6) is 0 Å². The van der Waals surface area contributed by atoms with Crippen molar-refractivity contribution in [2.45, 2.75) is 38.1 Å². The molecule has 1 N–H and O–H groups in total. The Labute approximate surface area is 113 Å².